The molecule has 5 aliphatic carbocycles. The Labute approximate surface area is 246 Å². The third kappa shape index (κ3) is 3.53. The average molecular weight is 565 g/mol. The molecule has 12 unspecified atom stereocenters. The van der Waals surface area contributed by atoms with Gasteiger partial charge in [0.25, 0.3) is 0 Å². The number of hydrogen-bond acceptors (Lipinski definition) is 5. The van der Waals surface area contributed by atoms with Crippen molar-refractivity contribution in [1.82, 2.24) is 9.88 Å². The number of amides is 1. The SMILES string of the molecule is CC(=O)N(Cc1cccnc1)CC1CC(C)C2C(O1)C(O)C1(C)C3CCC4C(C)(C)C(O)CCC45CC35CCC21C. The highest BCUT2D eigenvalue weighted by atomic mass is 16.5. The van der Waals surface area contributed by atoms with Gasteiger partial charge in [-0.25, -0.2) is 0 Å². The summed E-state index contributed by atoms with van der Waals surface area (Å²) in [6, 6.07) is 3.93. The molecule has 226 valence electrons. The molecule has 1 aromatic rings. The molecule has 12 atom stereocenters. The van der Waals surface area contributed by atoms with E-state index in [-0.39, 0.29) is 40.5 Å². The fourth-order valence-electron chi connectivity index (χ4n) is 12.8. The summed E-state index contributed by atoms with van der Waals surface area (Å²) in [6.07, 6.45) is 11.7. The van der Waals surface area contributed by atoms with Crippen LogP contribution in [-0.2, 0) is 16.1 Å². The standard InChI is InChI=1S/C35H52N2O4/c1-21-16-24(19-37(22(2)38)18-23-8-7-15-36-17-23)41-29-28(21)32(5)13-14-35-20-34(35)12-11-27(39)31(3,4)25(34)9-10-26(35)33(32,6)30(29)40/h7-8,15,17,21,24-30,39-40H,9-14,16,18-20H2,1-6H3. The lowest BCUT2D eigenvalue weighted by atomic mass is 9.41. The highest BCUT2D eigenvalue weighted by Crippen LogP contribution is 2.89. The summed E-state index contributed by atoms with van der Waals surface area (Å²) in [5, 5.41) is 23.4. The fourth-order valence-corrected chi connectivity index (χ4v) is 12.8. The van der Waals surface area contributed by atoms with E-state index in [1.165, 1.54) is 19.3 Å². The molecule has 6 fully saturated rings. The molecule has 2 heterocycles. The van der Waals surface area contributed by atoms with E-state index in [1.807, 2.05) is 23.2 Å². The van der Waals surface area contributed by atoms with Crippen molar-refractivity contribution in [3.8, 4) is 0 Å². The van der Waals surface area contributed by atoms with Crippen molar-refractivity contribution >= 4 is 5.91 Å². The molecule has 1 aromatic heterocycles. The Morgan fingerprint density at radius 2 is 1.80 bits per heavy atom. The van der Waals surface area contributed by atoms with Gasteiger partial charge < -0.3 is 19.8 Å². The van der Waals surface area contributed by atoms with E-state index in [9.17, 15) is 15.0 Å². The molecule has 2 spiro atoms. The van der Waals surface area contributed by atoms with E-state index in [2.05, 4.69) is 39.6 Å². The van der Waals surface area contributed by atoms with Crippen molar-refractivity contribution in [2.45, 2.75) is 124 Å². The predicted molar refractivity (Wildman–Crippen MR) is 157 cm³/mol. The van der Waals surface area contributed by atoms with Gasteiger partial charge in [-0.1, -0.05) is 40.7 Å². The largest absolute Gasteiger partial charge is 0.393 e. The van der Waals surface area contributed by atoms with Crippen LogP contribution in [0.25, 0.3) is 0 Å². The third-order valence-corrected chi connectivity index (χ3v) is 14.8. The van der Waals surface area contributed by atoms with Crippen LogP contribution in [0.3, 0.4) is 0 Å². The molecular formula is C35H52N2O4. The molecule has 1 aliphatic heterocycles. The normalized spacial score (nSPS) is 50.9. The highest BCUT2D eigenvalue weighted by Gasteiger charge is 2.84. The monoisotopic (exact) mass is 564 g/mol. The molecule has 1 saturated heterocycles. The topological polar surface area (TPSA) is 82.9 Å². The molecule has 0 aromatic carbocycles. The van der Waals surface area contributed by atoms with E-state index in [4.69, 9.17) is 4.74 Å². The number of aliphatic hydroxyl groups is 2. The Morgan fingerprint density at radius 1 is 1.07 bits per heavy atom. The lowest BCUT2D eigenvalue weighted by Gasteiger charge is -2.63. The minimum atomic E-state index is -0.495. The number of aliphatic hydroxyl groups excluding tert-OH is 2. The maximum absolute atomic E-state index is 12.7. The summed E-state index contributed by atoms with van der Waals surface area (Å²) in [7, 11) is 0. The first-order valence-electron chi connectivity index (χ1n) is 16.5. The summed E-state index contributed by atoms with van der Waals surface area (Å²) in [5.41, 5.74) is 1.50. The van der Waals surface area contributed by atoms with Crippen LogP contribution in [0.4, 0.5) is 0 Å². The van der Waals surface area contributed by atoms with Gasteiger partial charge in [0.15, 0.2) is 0 Å². The third-order valence-electron chi connectivity index (χ3n) is 14.8. The van der Waals surface area contributed by atoms with Crippen molar-refractivity contribution in [3.63, 3.8) is 0 Å². The maximum atomic E-state index is 12.7. The second-order valence-electron chi connectivity index (χ2n) is 16.4. The zero-order valence-corrected chi connectivity index (χ0v) is 26.1. The van der Waals surface area contributed by atoms with Gasteiger partial charge >= 0.3 is 0 Å². The van der Waals surface area contributed by atoms with Gasteiger partial charge in [0.05, 0.1) is 24.4 Å². The number of nitrogens with zero attached hydrogens (tertiary/aromatic N) is 2. The van der Waals surface area contributed by atoms with Gasteiger partial charge in [-0.3, -0.25) is 9.78 Å². The number of fused-ring (bicyclic) bond motifs is 4. The van der Waals surface area contributed by atoms with E-state index in [0.717, 1.165) is 37.7 Å². The summed E-state index contributed by atoms with van der Waals surface area (Å²) in [4.78, 5) is 18.8. The zero-order valence-electron chi connectivity index (χ0n) is 26.1. The van der Waals surface area contributed by atoms with Crippen molar-refractivity contribution in [2.24, 2.45) is 50.7 Å². The molecule has 1 amide bonds. The van der Waals surface area contributed by atoms with Gasteiger partial charge in [-0.05, 0) is 108 Å². The molecule has 6 nitrogen and oxygen atoms in total. The van der Waals surface area contributed by atoms with Crippen LogP contribution in [0, 0.1) is 50.7 Å². The molecule has 7 rings (SSSR count). The Bertz CT molecular complexity index is 1210. The lowest BCUT2D eigenvalue weighted by Crippen LogP contribution is -2.59. The first-order chi connectivity index (χ1) is 19.3. The number of pyridine rings is 1. The Kier molecular flexibility index (Phi) is 6.22. The Balaban J connectivity index is 1.16. The predicted octanol–water partition coefficient (Wildman–Crippen LogP) is 5.60. The number of rotatable bonds is 4. The molecule has 41 heavy (non-hydrogen) atoms. The molecule has 6 aliphatic rings. The van der Waals surface area contributed by atoms with Crippen LogP contribution in [0.1, 0.15) is 98.5 Å². The fraction of sp³-hybridized carbons (Fsp3) is 0.829. The molecule has 0 bridgehead atoms. The van der Waals surface area contributed by atoms with Crippen molar-refractivity contribution in [3.05, 3.63) is 30.1 Å². The first kappa shape index (κ1) is 28.3. The van der Waals surface area contributed by atoms with Crippen LogP contribution < -0.4 is 0 Å². The average Bonchev–Trinajstić information content (AvgIpc) is 3.56. The first-order valence-corrected chi connectivity index (χ1v) is 16.5. The summed E-state index contributed by atoms with van der Waals surface area (Å²) in [6.45, 7) is 14.7. The second kappa shape index (κ2) is 9.01. The van der Waals surface area contributed by atoms with Gasteiger partial charge in [-0.2, -0.15) is 0 Å². The van der Waals surface area contributed by atoms with Gasteiger partial charge in [-0.15, -0.1) is 0 Å². The van der Waals surface area contributed by atoms with Crippen LogP contribution in [0.2, 0.25) is 0 Å². The minimum absolute atomic E-state index is 0.0279. The highest BCUT2D eigenvalue weighted by molar-refractivity contribution is 5.73. The number of carbonyl (C=O) groups excluding carboxylic acids is 1. The van der Waals surface area contributed by atoms with E-state index in [1.54, 1.807) is 13.1 Å². The van der Waals surface area contributed by atoms with Crippen LogP contribution in [0.15, 0.2) is 24.5 Å². The summed E-state index contributed by atoms with van der Waals surface area (Å²) >= 11 is 0. The smallest absolute Gasteiger partial charge is 0.219 e. The zero-order chi connectivity index (χ0) is 29.2. The van der Waals surface area contributed by atoms with Crippen LogP contribution >= 0.6 is 0 Å². The summed E-state index contributed by atoms with van der Waals surface area (Å²) in [5.74, 6) is 1.89. The summed E-state index contributed by atoms with van der Waals surface area (Å²) < 4.78 is 6.92. The van der Waals surface area contributed by atoms with Crippen LogP contribution in [-0.4, -0.2) is 57.0 Å². The van der Waals surface area contributed by atoms with Crippen molar-refractivity contribution in [2.75, 3.05) is 6.54 Å². The molecule has 0 radical (unpaired) electrons. The van der Waals surface area contributed by atoms with E-state index >= 15 is 0 Å². The van der Waals surface area contributed by atoms with E-state index < -0.39 is 6.10 Å². The molecule has 6 heteroatoms. The molecular weight excluding hydrogens is 512 g/mol. The number of aromatic nitrogens is 1. The minimum Gasteiger partial charge on any atom is -0.393 e. The maximum Gasteiger partial charge on any atom is 0.219 e. The number of hydrogen-bond donors (Lipinski definition) is 2. The molecule has 2 N–H and O–H groups in total. The van der Waals surface area contributed by atoms with Crippen molar-refractivity contribution in [1.29, 1.82) is 0 Å². The quantitative estimate of drug-likeness (QED) is 0.497. The molecule has 5 saturated carbocycles. The van der Waals surface area contributed by atoms with Crippen molar-refractivity contribution < 1.29 is 19.7 Å². The number of ether oxygens (including phenoxy) is 1. The van der Waals surface area contributed by atoms with Gasteiger partial charge in [0.2, 0.25) is 5.91 Å². The number of carbonyl (C=O) groups is 1. The Morgan fingerprint density at radius 3 is 2.51 bits per heavy atom. The van der Waals surface area contributed by atoms with Gasteiger partial charge in [0, 0.05) is 37.8 Å². The van der Waals surface area contributed by atoms with Crippen LogP contribution in [0.5, 0.6) is 0 Å². The Hall–Kier alpha value is -1.50. The second-order valence-corrected chi connectivity index (χ2v) is 16.4. The van der Waals surface area contributed by atoms with E-state index in [0.29, 0.717) is 47.6 Å². The van der Waals surface area contributed by atoms with Gasteiger partial charge in [0.1, 0.15) is 0 Å². The lowest BCUT2D eigenvalue weighted by molar-refractivity contribution is -0.182.